The summed E-state index contributed by atoms with van der Waals surface area (Å²) in [4.78, 5) is 31.8. The molecule has 5 aliphatic rings. The highest BCUT2D eigenvalue weighted by molar-refractivity contribution is 6.08. The van der Waals surface area contributed by atoms with Crippen molar-refractivity contribution in [3.63, 3.8) is 0 Å². The minimum atomic E-state index is -0.574. The summed E-state index contributed by atoms with van der Waals surface area (Å²) in [7, 11) is 0. The van der Waals surface area contributed by atoms with Crippen LogP contribution in [-0.4, -0.2) is 29.9 Å². The second kappa shape index (κ2) is 25.2. The van der Waals surface area contributed by atoms with Gasteiger partial charge < -0.3 is 9.47 Å². The molecule has 19 aromatic rings. The molecule has 0 saturated heterocycles. The van der Waals surface area contributed by atoms with E-state index in [1.807, 2.05) is 18.2 Å². The average Bonchev–Trinajstić information content (AvgIpc) is 1.66. The molecule has 0 amide bonds. The molecule has 4 heterocycles. The first kappa shape index (κ1) is 64.7. The van der Waals surface area contributed by atoms with Crippen molar-refractivity contribution in [1.29, 1.82) is 0 Å². The van der Waals surface area contributed by atoms with Gasteiger partial charge in [-0.25, -0.2) is 29.9 Å². The zero-order valence-electron chi connectivity index (χ0n) is 62.0. The summed E-state index contributed by atoms with van der Waals surface area (Å²) in [6.07, 6.45) is 4.58. The van der Waals surface area contributed by atoms with Crippen LogP contribution in [0.2, 0.25) is 0 Å². The number of hydrogen-bond donors (Lipinski definition) is 0. The number of hydrogen-bond acceptors (Lipinski definition) is 8. The van der Waals surface area contributed by atoms with Crippen molar-refractivity contribution < 1.29 is 9.47 Å². The van der Waals surface area contributed by atoms with Gasteiger partial charge in [0.1, 0.15) is 23.0 Å². The average molecular weight is 1470 g/mol. The molecule has 2 spiro atoms. The maximum atomic E-state index is 7.10. The molecule has 8 heteroatoms. The van der Waals surface area contributed by atoms with Crippen LogP contribution >= 0.6 is 0 Å². The number of aromatic nitrogens is 6. The van der Waals surface area contributed by atoms with E-state index in [-0.39, 0.29) is 5.92 Å². The van der Waals surface area contributed by atoms with Crippen LogP contribution in [0.1, 0.15) is 67.1 Å². The van der Waals surface area contributed by atoms with Gasteiger partial charge >= 0.3 is 0 Å². The Bertz CT molecular complexity index is 7260. The van der Waals surface area contributed by atoms with Gasteiger partial charge in [0.2, 0.25) is 0 Å². The number of fused-ring (bicyclic) bond motifs is 21. The fraction of sp³-hybridized carbons (Fsp3) is 0.0280. The maximum absolute atomic E-state index is 7.10. The van der Waals surface area contributed by atoms with Gasteiger partial charge in [0.05, 0.1) is 10.8 Å². The smallest absolute Gasteiger partial charge is 0.164 e. The minimum Gasteiger partial charge on any atom is -0.456 e. The molecular formula is C107H64N6O2. The van der Waals surface area contributed by atoms with Gasteiger partial charge in [0.25, 0.3) is 0 Å². The Labute approximate surface area is 663 Å². The van der Waals surface area contributed by atoms with E-state index in [0.717, 1.165) is 123 Å². The first-order valence-corrected chi connectivity index (χ1v) is 39.2. The van der Waals surface area contributed by atoms with Crippen LogP contribution in [0, 0.1) is 0 Å². The summed E-state index contributed by atoms with van der Waals surface area (Å²) in [5.41, 5.74) is 26.3. The van der Waals surface area contributed by atoms with Crippen molar-refractivity contribution in [3.8, 4) is 136 Å². The van der Waals surface area contributed by atoms with Crippen LogP contribution in [0.4, 0.5) is 0 Å². The fourth-order valence-electron chi connectivity index (χ4n) is 19.5. The van der Waals surface area contributed by atoms with E-state index in [4.69, 9.17) is 39.4 Å². The Hall–Kier alpha value is -15.1. The third-order valence-corrected chi connectivity index (χ3v) is 24.6. The molecule has 0 radical (unpaired) electrons. The van der Waals surface area contributed by atoms with Crippen LogP contribution in [0.15, 0.2) is 376 Å². The number of nitrogens with zero attached hydrogens (tertiary/aromatic N) is 6. The van der Waals surface area contributed by atoms with Gasteiger partial charge in [0.15, 0.2) is 34.9 Å². The molecule has 115 heavy (non-hydrogen) atoms. The van der Waals surface area contributed by atoms with E-state index in [1.165, 1.54) is 71.6 Å². The second-order valence-electron chi connectivity index (χ2n) is 30.6. The second-order valence-corrected chi connectivity index (χ2v) is 30.6. The van der Waals surface area contributed by atoms with Crippen molar-refractivity contribution >= 4 is 38.4 Å². The van der Waals surface area contributed by atoms with E-state index in [0.29, 0.717) is 34.9 Å². The fourth-order valence-corrected chi connectivity index (χ4v) is 19.5. The minimum absolute atomic E-state index is 0.0316. The molecule has 0 N–H and O–H groups in total. The van der Waals surface area contributed by atoms with Crippen molar-refractivity contribution in [1.82, 2.24) is 29.9 Å². The standard InChI is InChI=1S/C107H64N6O2/c1-2-22-68(23-3-1)100-108-103(71-54-47-67(48-55-71)81-31-20-40-94-99(81)115-96-42-17-15-38-92(96)107(94)89-35-12-8-28-84(89)85-29-9-13-36-90(85)107)113-105(112-100)76-62-73-24-18-32-86-78(59-57-74(63-76)97(73)86)65-43-50-69(51-44-65)101-109-102(111-104(110-101)75-58-60-79-72(61-75)56-49-64-21-4-5-25-77(64)79)70-52-45-66(46-53-70)80-30-19-39-93-98(80)114-95-41-16-14-37-91(95)106(93)87-33-10-6-26-82(87)83-27-7-11-34-88(83)106/h1-63,78H. The number of rotatable bonds is 9. The van der Waals surface area contributed by atoms with Gasteiger partial charge in [-0.3, -0.25) is 0 Å². The quantitative estimate of drug-likeness (QED) is 0.132. The first-order chi connectivity index (χ1) is 57.0. The molecule has 8 nitrogen and oxygen atoms in total. The van der Waals surface area contributed by atoms with Crippen LogP contribution in [0.3, 0.4) is 0 Å². The Morgan fingerprint density at radius 3 is 1.13 bits per heavy atom. The Kier molecular flexibility index (Phi) is 14.2. The van der Waals surface area contributed by atoms with Crippen molar-refractivity contribution in [2.75, 3.05) is 0 Å². The van der Waals surface area contributed by atoms with Crippen LogP contribution in [-0.2, 0) is 10.8 Å². The lowest BCUT2D eigenvalue weighted by Crippen LogP contribution is -2.32. The molecule has 2 aliphatic heterocycles. The number of benzene rings is 17. The van der Waals surface area contributed by atoms with E-state index >= 15 is 0 Å². The van der Waals surface area contributed by atoms with E-state index < -0.39 is 10.8 Å². The molecule has 24 rings (SSSR count). The van der Waals surface area contributed by atoms with Crippen LogP contribution < -0.4 is 9.47 Å². The highest BCUT2D eigenvalue weighted by atomic mass is 16.5. The van der Waals surface area contributed by atoms with E-state index in [9.17, 15) is 0 Å². The summed E-state index contributed by atoms with van der Waals surface area (Å²) < 4.78 is 14.2. The normalized spacial score (nSPS) is 14.2. The molecular weight excluding hydrogens is 1400 g/mol. The van der Waals surface area contributed by atoms with Crippen molar-refractivity contribution in [2.24, 2.45) is 0 Å². The molecule has 2 aromatic heterocycles. The van der Waals surface area contributed by atoms with Gasteiger partial charge in [-0.15, -0.1) is 0 Å². The van der Waals surface area contributed by atoms with E-state index in [2.05, 4.69) is 364 Å². The molecule has 534 valence electrons. The molecule has 17 aromatic carbocycles. The third-order valence-electron chi connectivity index (χ3n) is 24.6. The summed E-state index contributed by atoms with van der Waals surface area (Å²) in [5, 5.41) is 6.99. The highest BCUT2D eigenvalue weighted by Crippen LogP contribution is 2.65. The summed E-state index contributed by atoms with van der Waals surface area (Å²) in [6, 6.07) is 132. The lowest BCUT2D eigenvalue weighted by molar-refractivity contribution is 0.438. The molecule has 1 unspecified atom stereocenters. The molecule has 0 fully saturated rings. The topological polar surface area (TPSA) is 95.8 Å². The lowest BCUT2D eigenvalue weighted by Gasteiger charge is -2.40. The Morgan fingerprint density at radius 2 is 0.600 bits per heavy atom. The van der Waals surface area contributed by atoms with Crippen LogP contribution in [0.5, 0.6) is 23.0 Å². The van der Waals surface area contributed by atoms with Crippen molar-refractivity contribution in [2.45, 2.75) is 16.7 Å². The third kappa shape index (κ3) is 9.73. The van der Waals surface area contributed by atoms with Crippen molar-refractivity contribution in [3.05, 3.63) is 437 Å². The maximum Gasteiger partial charge on any atom is 0.164 e. The summed E-state index contributed by atoms with van der Waals surface area (Å²) in [6.45, 7) is 0. The zero-order chi connectivity index (χ0) is 75.5. The first-order valence-electron chi connectivity index (χ1n) is 39.2. The zero-order valence-corrected chi connectivity index (χ0v) is 62.0. The number of ether oxygens (including phenoxy) is 2. The predicted molar refractivity (Wildman–Crippen MR) is 461 cm³/mol. The predicted octanol–water partition coefficient (Wildman–Crippen LogP) is 25.9. The van der Waals surface area contributed by atoms with Gasteiger partial charge in [-0.05, 0) is 135 Å². The molecule has 0 bridgehead atoms. The highest BCUT2D eigenvalue weighted by Gasteiger charge is 2.53. The van der Waals surface area contributed by atoms with E-state index in [1.54, 1.807) is 0 Å². The monoisotopic (exact) mass is 1460 g/mol. The summed E-state index contributed by atoms with van der Waals surface area (Å²) >= 11 is 0. The van der Waals surface area contributed by atoms with Crippen LogP contribution in [0.25, 0.3) is 151 Å². The molecule has 1 atom stereocenters. The van der Waals surface area contributed by atoms with Gasteiger partial charge in [-0.1, -0.05) is 352 Å². The SMILES string of the molecule is C1=CC(c2ccc(-c3nc(-c4ccc(-c5cccc6c5Oc5ccccc5C65c6ccccc6-c6ccccc65)cc4)nc(-c4ccc5c(ccc6ccccc65)c4)n3)cc2)c2cccc3cc(-c4nc(-c5ccccc5)nc(-c5ccc(-c6cccc7c6Oc6ccccc6C76c7ccccc7-c7ccccc76)cc5)n4)cc1c23. The van der Waals surface area contributed by atoms with Gasteiger partial charge in [-0.2, -0.15) is 0 Å². The lowest BCUT2D eigenvalue weighted by atomic mass is 9.65. The van der Waals surface area contributed by atoms with Gasteiger partial charge in [0, 0.05) is 72.7 Å². The number of para-hydroxylation sites is 4. The number of allylic oxidation sites excluding steroid dienone is 1. The largest absolute Gasteiger partial charge is 0.456 e. The summed E-state index contributed by atoms with van der Waals surface area (Å²) in [5.74, 6) is 6.89. The Morgan fingerprint density at radius 1 is 0.235 bits per heavy atom. The Balaban J connectivity index is 0.561. The molecule has 3 aliphatic carbocycles. The molecule has 0 saturated carbocycles.